The molecule has 0 spiro atoms. The molecule has 0 saturated carbocycles. The monoisotopic (exact) mass is 416 g/mol. The van der Waals surface area contributed by atoms with Gasteiger partial charge in [0.15, 0.2) is 6.61 Å². The van der Waals surface area contributed by atoms with E-state index in [4.69, 9.17) is 4.74 Å². The molecule has 4 rings (SSSR count). The van der Waals surface area contributed by atoms with Crippen LogP contribution in [0.4, 0.5) is 17.1 Å². The molecule has 0 bridgehead atoms. The molecule has 1 N–H and O–H groups in total. The summed E-state index contributed by atoms with van der Waals surface area (Å²) in [7, 11) is 3.56. The number of nitrogens with one attached hydrogen (secondary N) is 1. The molecule has 2 aromatic rings. The number of hydrogen-bond donors (Lipinski definition) is 1. The summed E-state index contributed by atoms with van der Waals surface area (Å²) in [5.74, 6) is -0.863. The zero-order valence-corrected chi connectivity index (χ0v) is 17.1. The fourth-order valence-electron chi connectivity index (χ4n) is 3.85. The standard InChI is InChI=1S/C23H20N4O4/c1-26-18-5-3-4-6-19(18)27(2)22(26)16(12-24)20(28)13-31-23(30)15-7-9-17-14(11-15)8-10-21(29)25-17/h3-7,9,11H,8,10,13H2,1-2H3,(H,25,29). The number of fused-ring (bicyclic) bond motifs is 2. The Morgan fingerprint density at radius 2 is 1.77 bits per heavy atom. The van der Waals surface area contributed by atoms with Crippen molar-refractivity contribution in [1.82, 2.24) is 0 Å². The van der Waals surface area contributed by atoms with E-state index in [0.717, 1.165) is 16.9 Å². The fraction of sp³-hybridized carbons (Fsp3) is 0.217. The van der Waals surface area contributed by atoms with Gasteiger partial charge in [-0.05, 0) is 42.3 Å². The molecule has 0 aromatic heterocycles. The van der Waals surface area contributed by atoms with Gasteiger partial charge in [-0.1, -0.05) is 12.1 Å². The summed E-state index contributed by atoms with van der Waals surface area (Å²) in [6.45, 7) is -0.545. The first-order chi connectivity index (χ1) is 14.9. The summed E-state index contributed by atoms with van der Waals surface area (Å²) in [6.07, 6.45) is 0.887. The third-order valence-electron chi connectivity index (χ3n) is 5.42. The molecule has 2 heterocycles. The molecular weight excluding hydrogens is 396 g/mol. The van der Waals surface area contributed by atoms with Gasteiger partial charge in [0.25, 0.3) is 0 Å². The Morgan fingerprint density at radius 1 is 1.10 bits per heavy atom. The Morgan fingerprint density at radius 3 is 2.42 bits per heavy atom. The van der Waals surface area contributed by atoms with E-state index in [9.17, 15) is 19.6 Å². The molecule has 0 fully saturated rings. The van der Waals surface area contributed by atoms with E-state index in [1.54, 1.807) is 36.0 Å². The van der Waals surface area contributed by atoms with Crippen LogP contribution >= 0.6 is 0 Å². The van der Waals surface area contributed by atoms with E-state index in [-0.39, 0.29) is 17.0 Å². The summed E-state index contributed by atoms with van der Waals surface area (Å²) in [4.78, 5) is 40.2. The maximum atomic E-state index is 12.7. The van der Waals surface area contributed by atoms with E-state index in [1.807, 2.05) is 30.3 Å². The van der Waals surface area contributed by atoms with E-state index >= 15 is 0 Å². The van der Waals surface area contributed by atoms with Crippen molar-refractivity contribution in [3.05, 3.63) is 65.0 Å². The van der Waals surface area contributed by atoms with Crippen LogP contribution in [0, 0.1) is 11.3 Å². The number of aryl methyl sites for hydroxylation is 1. The second kappa shape index (κ2) is 7.95. The zero-order valence-electron chi connectivity index (χ0n) is 17.1. The lowest BCUT2D eigenvalue weighted by molar-refractivity contribution is -0.118. The van der Waals surface area contributed by atoms with Crippen LogP contribution in [0.5, 0.6) is 0 Å². The zero-order chi connectivity index (χ0) is 22.1. The molecule has 2 aromatic carbocycles. The molecule has 8 heteroatoms. The summed E-state index contributed by atoms with van der Waals surface area (Å²) in [5.41, 5.74) is 3.47. The number of carbonyl (C=O) groups is 3. The predicted octanol–water partition coefficient (Wildman–Crippen LogP) is 2.62. The molecule has 1 amide bonds. The van der Waals surface area contributed by atoms with Crippen LogP contribution in [-0.4, -0.2) is 38.4 Å². The van der Waals surface area contributed by atoms with E-state index in [2.05, 4.69) is 5.32 Å². The molecular formula is C23H20N4O4. The van der Waals surface area contributed by atoms with Gasteiger partial charge in [0, 0.05) is 26.2 Å². The highest BCUT2D eigenvalue weighted by Crippen LogP contribution is 2.40. The third-order valence-corrected chi connectivity index (χ3v) is 5.42. The van der Waals surface area contributed by atoms with Gasteiger partial charge in [0.2, 0.25) is 11.7 Å². The lowest BCUT2D eigenvalue weighted by atomic mass is 10.0. The van der Waals surface area contributed by atoms with Crippen LogP contribution < -0.4 is 15.1 Å². The quantitative estimate of drug-likeness (QED) is 0.464. The number of Topliss-reactive ketones (excluding diaryl/α,β-unsaturated/α-hetero) is 1. The number of nitriles is 1. The van der Waals surface area contributed by atoms with Crippen LogP contribution in [0.25, 0.3) is 0 Å². The van der Waals surface area contributed by atoms with E-state index in [0.29, 0.717) is 24.4 Å². The SMILES string of the molecule is CN1C(=C(C#N)C(=O)COC(=O)c2ccc3c(c2)CCC(=O)N3)N(C)c2ccccc21. The second-order valence-electron chi connectivity index (χ2n) is 7.34. The maximum Gasteiger partial charge on any atom is 0.338 e. The van der Waals surface area contributed by atoms with E-state index < -0.39 is 18.4 Å². The van der Waals surface area contributed by atoms with Crippen LogP contribution in [-0.2, 0) is 20.7 Å². The maximum absolute atomic E-state index is 12.7. The number of esters is 1. The Kier molecular flexibility index (Phi) is 5.17. The van der Waals surface area contributed by atoms with Gasteiger partial charge >= 0.3 is 5.97 Å². The number of rotatable bonds is 4. The van der Waals surface area contributed by atoms with Crippen LogP contribution in [0.15, 0.2) is 53.9 Å². The third kappa shape index (κ3) is 3.62. The number of benzene rings is 2. The number of ketones is 1. The van der Waals surface area contributed by atoms with Crippen molar-refractivity contribution in [2.24, 2.45) is 0 Å². The molecule has 2 aliphatic rings. The van der Waals surface area contributed by atoms with Crippen molar-refractivity contribution < 1.29 is 19.1 Å². The first kappa shape index (κ1) is 20.2. The first-order valence-electron chi connectivity index (χ1n) is 9.74. The molecule has 0 saturated heterocycles. The summed E-state index contributed by atoms with van der Waals surface area (Å²) >= 11 is 0. The minimum Gasteiger partial charge on any atom is -0.454 e. The van der Waals surface area contributed by atoms with Gasteiger partial charge in [-0.2, -0.15) is 5.26 Å². The molecule has 0 unspecified atom stereocenters. The molecule has 8 nitrogen and oxygen atoms in total. The summed E-state index contributed by atoms with van der Waals surface area (Å²) < 4.78 is 5.19. The minimum absolute atomic E-state index is 0.0607. The Labute approximate surface area is 179 Å². The number of anilines is 3. The number of ether oxygens (including phenoxy) is 1. The molecule has 0 atom stereocenters. The van der Waals surface area contributed by atoms with Crippen molar-refractivity contribution in [2.75, 3.05) is 35.8 Å². The topological polar surface area (TPSA) is 103 Å². The largest absolute Gasteiger partial charge is 0.454 e. The Hall–Kier alpha value is -4.12. The summed E-state index contributed by atoms with van der Waals surface area (Å²) in [5, 5.41) is 12.4. The van der Waals surface area contributed by atoms with Gasteiger partial charge in [0.05, 0.1) is 16.9 Å². The number of hydrogen-bond acceptors (Lipinski definition) is 7. The highest BCUT2D eigenvalue weighted by molar-refractivity contribution is 6.04. The summed E-state index contributed by atoms with van der Waals surface area (Å²) in [6, 6.07) is 14.4. The Bertz CT molecular complexity index is 1150. The van der Waals surface area contributed by atoms with Crippen molar-refractivity contribution in [1.29, 1.82) is 5.26 Å². The Balaban J connectivity index is 1.49. The van der Waals surface area contributed by atoms with Crippen LogP contribution in [0.3, 0.4) is 0 Å². The number of carbonyl (C=O) groups excluding carboxylic acids is 3. The molecule has 0 radical (unpaired) electrons. The fourth-order valence-corrected chi connectivity index (χ4v) is 3.85. The molecule has 0 aliphatic carbocycles. The van der Waals surface area contributed by atoms with Gasteiger partial charge in [0.1, 0.15) is 17.5 Å². The van der Waals surface area contributed by atoms with Gasteiger partial charge < -0.3 is 19.9 Å². The van der Waals surface area contributed by atoms with Crippen molar-refractivity contribution >= 4 is 34.7 Å². The van der Waals surface area contributed by atoms with Crippen molar-refractivity contribution in [3.8, 4) is 6.07 Å². The highest BCUT2D eigenvalue weighted by atomic mass is 16.5. The number of para-hydroxylation sites is 2. The average Bonchev–Trinajstić information content (AvgIpc) is 3.03. The highest BCUT2D eigenvalue weighted by Gasteiger charge is 2.31. The molecule has 31 heavy (non-hydrogen) atoms. The van der Waals surface area contributed by atoms with Gasteiger partial charge in [-0.15, -0.1) is 0 Å². The van der Waals surface area contributed by atoms with Gasteiger partial charge in [-0.3, -0.25) is 9.59 Å². The lowest BCUT2D eigenvalue weighted by Gasteiger charge is -2.20. The van der Waals surface area contributed by atoms with Crippen LogP contribution in [0.2, 0.25) is 0 Å². The minimum atomic E-state index is -0.660. The lowest BCUT2D eigenvalue weighted by Crippen LogP contribution is -2.28. The molecule has 156 valence electrons. The average molecular weight is 416 g/mol. The second-order valence-corrected chi connectivity index (χ2v) is 7.34. The van der Waals surface area contributed by atoms with Crippen LogP contribution in [0.1, 0.15) is 22.3 Å². The van der Waals surface area contributed by atoms with Crippen molar-refractivity contribution in [3.63, 3.8) is 0 Å². The molecule has 2 aliphatic heterocycles. The van der Waals surface area contributed by atoms with E-state index in [1.165, 1.54) is 6.07 Å². The first-order valence-corrected chi connectivity index (χ1v) is 9.74. The smallest absolute Gasteiger partial charge is 0.338 e. The normalized spacial score (nSPS) is 14.4. The number of amides is 1. The van der Waals surface area contributed by atoms with Gasteiger partial charge in [-0.25, -0.2) is 4.79 Å². The predicted molar refractivity (Wildman–Crippen MR) is 115 cm³/mol. The van der Waals surface area contributed by atoms with Crippen molar-refractivity contribution in [2.45, 2.75) is 12.8 Å². The number of nitrogens with zero attached hydrogens (tertiary/aromatic N) is 3.